The fraction of sp³-hybridized carbons (Fsp3) is 0.524. The van der Waals surface area contributed by atoms with Crippen LogP contribution in [0.25, 0.3) is 22.3 Å². The molecule has 8 N–H and O–H groups in total. The third-order valence-electron chi connectivity index (χ3n) is 7.70. The van der Waals surface area contributed by atoms with E-state index in [1.807, 2.05) is 0 Å². The highest BCUT2D eigenvalue weighted by atomic mass is 31.2. The molecular formula is C21H24N9O12P. The van der Waals surface area contributed by atoms with Crippen molar-refractivity contribution in [2.24, 2.45) is 0 Å². The Bertz CT molecular complexity index is 1890. The van der Waals surface area contributed by atoms with Gasteiger partial charge in [-0.05, 0) is 0 Å². The van der Waals surface area contributed by atoms with Crippen LogP contribution in [0.3, 0.4) is 0 Å². The molecule has 7 heterocycles. The molecule has 0 aromatic carbocycles. The Kier molecular flexibility index (Phi) is 6.34. The van der Waals surface area contributed by atoms with Crippen LogP contribution in [-0.2, 0) is 33.5 Å². The Hall–Kier alpha value is -3.63. The molecule has 21 nitrogen and oxygen atoms in total. The molecule has 8 atom stereocenters. The predicted molar refractivity (Wildman–Crippen MR) is 137 cm³/mol. The van der Waals surface area contributed by atoms with E-state index in [2.05, 4.69) is 29.9 Å². The van der Waals surface area contributed by atoms with Gasteiger partial charge in [-0.25, -0.2) is 19.5 Å². The summed E-state index contributed by atoms with van der Waals surface area (Å²) in [6.45, 7) is -1.82. The van der Waals surface area contributed by atoms with E-state index in [-0.39, 0.29) is 34.9 Å². The Balaban J connectivity index is 1.15. The van der Waals surface area contributed by atoms with Gasteiger partial charge in [0, 0.05) is 0 Å². The topological polar surface area (TPSA) is 297 Å². The van der Waals surface area contributed by atoms with Gasteiger partial charge >= 0.3 is 7.82 Å². The molecule has 0 bridgehead atoms. The number of nitrogens with one attached hydrogen (secondary N) is 2. The van der Waals surface area contributed by atoms with Crippen molar-refractivity contribution in [3.05, 3.63) is 39.7 Å². The molecule has 43 heavy (non-hydrogen) atoms. The lowest BCUT2D eigenvalue weighted by Gasteiger charge is -2.47. The van der Waals surface area contributed by atoms with Crippen LogP contribution >= 0.6 is 7.82 Å². The van der Waals surface area contributed by atoms with E-state index in [4.69, 9.17) is 29.0 Å². The van der Waals surface area contributed by atoms with Gasteiger partial charge in [0.1, 0.15) is 30.0 Å². The van der Waals surface area contributed by atoms with Gasteiger partial charge in [0.05, 0.1) is 45.4 Å². The summed E-state index contributed by atoms with van der Waals surface area (Å²) in [5, 5.41) is 31.3. The van der Waals surface area contributed by atoms with Gasteiger partial charge in [-0.3, -0.25) is 32.8 Å². The van der Waals surface area contributed by atoms with Crippen molar-refractivity contribution in [2.75, 3.05) is 32.2 Å². The molecule has 4 aromatic heterocycles. The van der Waals surface area contributed by atoms with Crippen LogP contribution in [-0.4, -0.2) is 116 Å². The smallest absolute Gasteiger partial charge is 0.393 e. The van der Waals surface area contributed by atoms with Gasteiger partial charge in [0.2, 0.25) is 11.7 Å². The second-order valence-corrected chi connectivity index (χ2v) is 11.6. The zero-order valence-corrected chi connectivity index (χ0v) is 22.6. The molecule has 22 heteroatoms. The summed E-state index contributed by atoms with van der Waals surface area (Å²) in [4.78, 5) is 56.0. The first-order chi connectivity index (χ1) is 20.5. The van der Waals surface area contributed by atoms with E-state index in [0.717, 1.165) is 17.2 Å². The number of rotatable bonds is 8. The molecule has 3 saturated heterocycles. The van der Waals surface area contributed by atoms with E-state index in [1.165, 1.54) is 10.9 Å². The first-order valence-corrected chi connectivity index (χ1v) is 14.2. The van der Waals surface area contributed by atoms with E-state index < -0.39 is 80.7 Å². The van der Waals surface area contributed by atoms with Crippen LogP contribution in [0.2, 0.25) is 0 Å². The van der Waals surface area contributed by atoms with Crippen molar-refractivity contribution in [2.45, 2.75) is 42.0 Å². The number of fused-ring (bicyclic) bond motifs is 3. The largest absolute Gasteiger partial charge is 0.474 e. The number of hydrogen-bond donors (Lipinski definition) is 7. The van der Waals surface area contributed by atoms with Crippen molar-refractivity contribution in [3.8, 4) is 0 Å². The molecule has 1 unspecified atom stereocenters. The van der Waals surface area contributed by atoms with Crippen LogP contribution in [0.4, 0.5) is 5.95 Å². The molecule has 3 fully saturated rings. The molecule has 0 radical (unpaired) electrons. The maximum atomic E-state index is 13.4. The lowest BCUT2D eigenvalue weighted by atomic mass is 9.88. The number of hydrogen-bond acceptors (Lipinski definition) is 16. The lowest BCUT2D eigenvalue weighted by molar-refractivity contribution is -0.259. The summed E-state index contributed by atoms with van der Waals surface area (Å²) in [5.41, 5.74) is 0.881. The molecule has 4 aromatic rings. The molecule has 230 valence electrons. The Morgan fingerprint density at radius 1 is 1.12 bits per heavy atom. The van der Waals surface area contributed by atoms with E-state index >= 15 is 0 Å². The molecule has 0 aliphatic carbocycles. The number of nitrogens with two attached hydrogens (primary N) is 1. The summed E-state index contributed by atoms with van der Waals surface area (Å²) in [6, 6.07) is 0. The summed E-state index contributed by atoms with van der Waals surface area (Å²) < 4.78 is 43.7. The summed E-state index contributed by atoms with van der Waals surface area (Å²) in [7, 11) is -5.13. The third kappa shape index (κ3) is 4.17. The summed E-state index contributed by atoms with van der Waals surface area (Å²) in [5.74, 6) is -0.273. The Morgan fingerprint density at radius 3 is 2.60 bits per heavy atom. The van der Waals surface area contributed by atoms with Gasteiger partial charge in [-0.15, -0.1) is 0 Å². The number of phosphoric acid groups is 1. The first kappa shape index (κ1) is 28.2. The monoisotopic (exact) mass is 625 g/mol. The molecule has 3 aliphatic rings. The number of aliphatic hydroxyl groups is 3. The third-order valence-corrected chi connectivity index (χ3v) is 8.72. The SMILES string of the molecule is Nc1nc2c(ncn2[C@@]2(OP(=O)(O)OC[C@H]3O[C@@H](n4cnc5c(=O)[nH]cnc54)[C@H](O)[C@@H]3O)CO[C@@]3(CO)CO[C@H]32)c(=O)[nH]1. The lowest BCUT2D eigenvalue weighted by Crippen LogP contribution is -2.65. The Morgan fingerprint density at radius 2 is 1.88 bits per heavy atom. The second kappa shape index (κ2) is 9.69. The maximum Gasteiger partial charge on any atom is 0.474 e. The number of anilines is 1. The van der Waals surface area contributed by atoms with Gasteiger partial charge in [0.25, 0.3) is 11.1 Å². The minimum Gasteiger partial charge on any atom is -0.393 e. The van der Waals surface area contributed by atoms with Crippen LogP contribution in [0.5, 0.6) is 0 Å². The fourth-order valence-electron chi connectivity index (χ4n) is 5.57. The summed E-state index contributed by atoms with van der Waals surface area (Å²) >= 11 is 0. The number of ether oxygens (including phenoxy) is 3. The number of aliphatic hydroxyl groups excluding tert-OH is 3. The fourth-order valence-corrected chi connectivity index (χ4v) is 6.59. The van der Waals surface area contributed by atoms with Crippen LogP contribution in [0.15, 0.2) is 28.6 Å². The van der Waals surface area contributed by atoms with Crippen LogP contribution in [0.1, 0.15) is 6.23 Å². The zero-order chi connectivity index (χ0) is 30.3. The zero-order valence-electron chi connectivity index (χ0n) is 21.7. The molecule has 0 amide bonds. The number of phosphoric ester groups is 1. The standard InChI is InChI=1S/C21H24N9O12P/c22-19-27-14-10(16(35)28-19)26-7-30(14)21(4-39-20(2-31)3-38-18(20)21)42-43(36,37)40-1-8-11(32)12(33)17(41-8)29-6-25-9-13(29)23-5-24-15(9)34/h5-8,11-12,17-18,31-33H,1-4H2,(H,36,37)(H,23,24,34)(H3,22,27,28,35)/t8-,11-,12-,17-,18-,20+,21-/m1/s1. The van der Waals surface area contributed by atoms with Gasteiger partial charge in [-0.2, -0.15) is 4.98 Å². The van der Waals surface area contributed by atoms with Crippen LogP contribution < -0.4 is 16.9 Å². The molecular weight excluding hydrogens is 601 g/mol. The Labute approximate surface area is 237 Å². The minimum absolute atomic E-state index is 0.0349. The van der Waals surface area contributed by atoms with Gasteiger partial charge in [0.15, 0.2) is 28.6 Å². The molecule has 0 spiro atoms. The van der Waals surface area contributed by atoms with E-state index in [9.17, 15) is 34.4 Å². The van der Waals surface area contributed by atoms with E-state index in [0.29, 0.717) is 0 Å². The molecule has 0 saturated carbocycles. The highest BCUT2D eigenvalue weighted by Gasteiger charge is 2.69. The number of nitrogen functional groups attached to an aromatic ring is 1. The normalized spacial score (nSPS) is 33.5. The number of nitrogens with zero attached hydrogens (tertiary/aromatic N) is 6. The number of H-pyrrole nitrogens is 2. The first-order valence-electron chi connectivity index (χ1n) is 12.7. The highest BCUT2D eigenvalue weighted by molar-refractivity contribution is 7.47. The van der Waals surface area contributed by atoms with Gasteiger partial charge < -0.3 is 45.1 Å². The number of aromatic nitrogens is 8. The van der Waals surface area contributed by atoms with Crippen LogP contribution in [0, 0.1) is 0 Å². The predicted octanol–water partition coefficient (Wildman–Crippen LogP) is -3.60. The van der Waals surface area contributed by atoms with Gasteiger partial charge in [-0.1, -0.05) is 0 Å². The molecule has 7 rings (SSSR count). The van der Waals surface area contributed by atoms with Crippen molar-refractivity contribution in [3.63, 3.8) is 0 Å². The van der Waals surface area contributed by atoms with Crippen molar-refractivity contribution in [1.29, 1.82) is 0 Å². The minimum atomic E-state index is -5.13. The van der Waals surface area contributed by atoms with Crippen molar-refractivity contribution >= 4 is 36.1 Å². The second-order valence-electron chi connectivity index (χ2n) is 10.2. The van der Waals surface area contributed by atoms with Crippen molar-refractivity contribution < 1.29 is 48.0 Å². The average Bonchev–Trinajstić information content (AvgIpc) is 3.68. The highest BCUT2D eigenvalue weighted by Crippen LogP contribution is 2.57. The molecule has 3 aliphatic heterocycles. The summed E-state index contributed by atoms with van der Waals surface area (Å²) in [6.07, 6.45) is -3.56. The number of imidazole rings is 2. The van der Waals surface area contributed by atoms with Crippen molar-refractivity contribution in [1.82, 2.24) is 39.0 Å². The van der Waals surface area contributed by atoms with E-state index in [1.54, 1.807) is 0 Å². The quantitative estimate of drug-likeness (QED) is 0.0930. The maximum absolute atomic E-state index is 13.4. The number of aromatic amines is 2. The average molecular weight is 625 g/mol.